The van der Waals surface area contributed by atoms with Gasteiger partial charge in [0.25, 0.3) is 0 Å². The summed E-state index contributed by atoms with van der Waals surface area (Å²) in [6.07, 6.45) is 62.1. The van der Waals surface area contributed by atoms with Crippen molar-refractivity contribution in [3.63, 3.8) is 0 Å². The Hall–Kier alpha value is -3.22. The van der Waals surface area contributed by atoms with Crippen molar-refractivity contribution < 1.29 is 24.5 Å². The van der Waals surface area contributed by atoms with Crippen molar-refractivity contribution in [3.8, 4) is 0 Å². The van der Waals surface area contributed by atoms with Crippen molar-refractivity contribution in [1.82, 2.24) is 5.32 Å². The predicted molar refractivity (Wildman–Crippen MR) is 259 cm³/mol. The van der Waals surface area contributed by atoms with Crippen LogP contribution in [0.1, 0.15) is 207 Å². The summed E-state index contributed by atoms with van der Waals surface area (Å²) in [6, 6.07) is -0.751. The lowest BCUT2D eigenvalue weighted by molar-refractivity contribution is -0.148. The number of allylic oxidation sites excluding steroid dienone is 15. The number of hydrogen-bond donors (Lipinski definition) is 3. The summed E-state index contributed by atoms with van der Waals surface area (Å²) in [7, 11) is 0. The topological polar surface area (TPSA) is 95.9 Å². The highest BCUT2D eigenvalue weighted by Crippen LogP contribution is 2.15. The summed E-state index contributed by atoms with van der Waals surface area (Å²) in [5, 5.41) is 23.7. The second-order valence-electron chi connectivity index (χ2n) is 16.1. The summed E-state index contributed by atoms with van der Waals surface area (Å²) in [4.78, 5) is 26.0. The number of esters is 1. The lowest BCUT2D eigenvalue weighted by Gasteiger charge is -2.23. The molecular formula is C54H91NO5. The molecule has 0 aromatic carbocycles. The van der Waals surface area contributed by atoms with Crippen molar-refractivity contribution in [2.24, 2.45) is 0 Å². The van der Waals surface area contributed by atoms with Crippen molar-refractivity contribution in [3.05, 3.63) is 97.2 Å². The normalized spacial score (nSPS) is 14.2. The largest absolute Gasteiger partial charge is 0.458 e. The highest BCUT2D eigenvalue weighted by molar-refractivity contribution is 5.78. The van der Waals surface area contributed by atoms with E-state index in [-0.39, 0.29) is 24.9 Å². The van der Waals surface area contributed by atoms with E-state index < -0.39 is 18.2 Å². The van der Waals surface area contributed by atoms with Crippen LogP contribution in [0.25, 0.3) is 0 Å². The van der Waals surface area contributed by atoms with E-state index in [1.165, 1.54) is 64.2 Å². The molecule has 6 heteroatoms. The van der Waals surface area contributed by atoms with Crippen LogP contribution in [0.4, 0.5) is 0 Å². The molecule has 0 rings (SSSR count). The van der Waals surface area contributed by atoms with Crippen molar-refractivity contribution in [2.75, 3.05) is 6.61 Å². The summed E-state index contributed by atoms with van der Waals surface area (Å²) in [6.45, 7) is 6.20. The van der Waals surface area contributed by atoms with Crippen LogP contribution in [-0.4, -0.2) is 46.9 Å². The molecule has 60 heavy (non-hydrogen) atoms. The van der Waals surface area contributed by atoms with E-state index in [2.05, 4.69) is 111 Å². The first-order chi connectivity index (χ1) is 29.5. The molecule has 0 bridgehead atoms. The molecule has 0 aliphatic carbocycles. The molecule has 0 spiro atoms. The Morgan fingerprint density at radius 1 is 0.517 bits per heavy atom. The number of carbonyl (C=O) groups is 2. The summed E-state index contributed by atoms with van der Waals surface area (Å²) >= 11 is 0. The highest BCUT2D eigenvalue weighted by atomic mass is 16.5. The summed E-state index contributed by atoms with van der Waals surface area (Å²) in [5.41, 5.74) is 0. The van der Waals surface area contributed by atoms with Crippen LogP contribution < -0.4 is 5.32 Å². The lowest BCUT2D eigenvalue weighted by Crippen LogP contribution is -2.46. The Kier molecular flexibility index (Phi) is 44.3. The molecule has 6 nitrogen and oxygen atoms in total. The van der Waals surface area contributed by atoms with Gasteiger partial charge in [-0.25, -0.2) is 0 Å². The van der Waals surface area contributed by atoms with E-state index in [1.807, 2.05) is 6.08 Å². The smallest absolute Gasteiger partial charge is 0.306 e. The number of carbonyl (C=O) groups excluding carboxylic acids is 2. The van der Waals surface area contributed by atoms with E-state index in [0.29, 0.717) is 19.3 Å². The third kappa shape index (κ3) is 41.5. The molecular weight excluding hydrogens is 743 g/mol. The van der Waals surface area contributed by atoms with Crippen LogP contribution in [0.3, 0.4) is 0 Å². The van der Waals surface area contributed by atoms with Crippen molar-refractivity contribution in [2.45, 2.75) is 225 Å². The zero-order chi connectivity index (χ0) is 43.8. The predicted octanol–water partition coefficient (Wildman–Crippen LogP) is 14.6. The molecule has 3 N–H and O–H groups in total. The molecule has 3 atom stereocenters. The molecule has 0 heterocycles. The Morgan fingerprint density at radius 2 is 0.933 bits per heavy atom. The number of rotatable bonds is 42. The fourth-order valence-corrected chi connectivity index (χ4v) is 6.76. The maximum Gasteiger partial charge on any atom is 0.306 e. The minimum Gasteiger partial charge on any atom is -0.458 e. The first-order valence-corrected chi connectivity index (χ1v) is 24.5. The molecule has 0 saturated carbocycles. The van der Waals surface area contributed by atoms with Gasteiger partial charge in [0, 0.05) is 6.42 Å². The van der Waals surface area contributed by atoms with Gasteiger partial charge in [-0.1, -0.05) is 208 Å². The first-order valence-electron chi connectivity index (χ1n) is 24.5. The van der Waals surface area contributed by atoms with E-state index in [4.69, 9.17) is 4.74 Å². The van der Waals surface area contributed by atoms with Crippen LogP contribution in [0.2, 0.25) is 0 Å². The van der Waals surface area contributed by atoms with Gasteiger partial charge in [0.05, 0.1) is 25.2 Å². The van der Waals surface area contributed by atoms with Gasteiger partial charge >= 0.3 is 5.97 Å². The number of amides is 1. The third-order valence-electron chi connectivity index (χ3n) is 10.4. The third-order valence-corrected chi connectivity index (χ3v) is 10.4. The number of ether oxygens (including phenoxy) is 1. The van der Waals surface area contributed by atoms with Crippen molar-refractivity contribution >= 4 is 11.9 Å². The first kappa shape index (κ1) is 56.8. The number of unbranched alkanes of at least 4 members (excludes halogenated alkanes) is 16. The molecule has 342 valence electrons. The molecule has 0 aliphatic heterocycles. The summed E-state index contributed by atoms with van der Waals surface area (Å²) < 4.78 is 5.80. The van der Waals surface area contributed by atoms with Gasteiger partial charge in [0.1, 0.15) is 6.10 Å². The highest BCUT2D eigenvalue weighted by Gasteiger charge is 2.23. The maximum absolute atomic E-state index is 13.1. The SMILES string of the molecule is CC/C=C/C/C=C/C/C=C/C/C=C/C/C=C/C(CC(=O)NC(CO)C(O)CCCCCCCCCCCCCCC)OC(=O)CCCCCC/C=C/C/C=C/C/C=C/CC. The standard InChI is InChI=1S/C54H91NO5/c1-4-7-10-13-16-19-22-25-28-30-33-36-39-42-45-50(60-54(59)47-44-41-38-35-32-29-26-23-20-17-14-11-8-5-2)48-53(58)55-51(49-56)52(57)46-43-40-37-34-31-27-24-21-18-15-12-9-6-3/h7-8,10-11,16-17,19-20,25-26,28-29,33,36,42,45,50-52,56-57H,4-6,9,12-15,18,21-24,27,30-32,34-35,37-41,43-44,46-49H2,1-3H3,(H,55,58)/b10-7+,11-8+,19-16+,20-17+,28-25+,29-26+,36-33+,45-42+. The zero-order valence-corrected chi connectivity index (χ0v) is 38.8. The van der Waals surface area contributed by atoms with Gasteiger partial charge < -0.3 is 20.3 Å². The van der Waals surface area contributed by atoms with Crippen LogP contribution in [0.15, 0.2) is 97.2 Å². The molecule has 0 aromatic rings. The van der Waals surface area contributed by atoms with E-state index >= 15 is 0 Å². The monoisotopic (exact) mass is 834 g/mol. The maximum atomic E-state index is 13.1. The molecule has 0 aliphatic rings. The van der Waals surface area contributed by atoms with Crippen LogP contribution in [-0.2, 0) is 14.3 Å². The quantitative estimate of drug-likeness (QED) is 0.0323. The Labute approximate surface area is 369 Å². The van der Waals surface area contributed by atoms with E-state index in [1.54, 1.807) is 6.08 Å². The minimum atomic E-state index is -0.827. The molecule has 0 aromatic heterocycles. The Morgan fingerprint density at radius 3 is 1.42 bits per heavy atom. The van der Waals surface area contributed by atoms with Gasteiger partial charge in [0.2, 0.25) is 5.91 Å². The number of aliphatic hydroxyl groups excluding tert-OH is 2. The Balaban J connectivity index is 4.79. The van der Waals surface area contributed by atoms with Crippen LogP contribution >= 0.6 is 0 Å². The van der Waals surface area contributed by atoms with Gasteiger partial charge in [-0.2, -0.15) is 0 Å². The number of nitrogens with one attached hydrogen (secondary N) is 1. The molecule has 0 radical (unpaired) electrons. The molecule has 0 saturated heterocycles. The minimum absolute atomic E-state index is 0.0601. The van der Waals surface area contributed by atoms with Gasteiger partial charge in [-0.3, -0.25) is 9.59 Å². The molecule has 1 amide bonds. The van der Waals surface area contributed by atoms with Crippen LogP contribution in [0.5, 0.6) is 0 Å². The number of hydrogen-bond acceptors (Lipinski definition) is 5. The molecule has 3 unspecified atom stereocenters. The Bertz CT molecular complexity index is 1210. The number of aliphatic hydroxyl groups is 2. The average Bonchev–Trinajstić information content (AvgIpc) is 3.24. The van der Waals surface area contributed by atoms with Crippen molar-refractivity contribution in [1.29, 1.82) is 0 Å². The van der Waals surface area contributed by atoms with Gasteiger partial charge in [-0.15, -0.1) is 0 Å². The molecule has 0 fully saturated rings. The summed E-state index contributed by atoms with van der Waals surface area (Å²) in [5.74, 6) is -0.663. The second-order valence-corrected chi connectivity index (χ2v) is 16.1. The average molecular weight is 834 g/mol. The fraction of sp³-hybridized carbons (Fsp3) is 0.667. The second kappa shape index (κ2) is 46.8. The van der Waals surface area contributed by atoms with Crippen LogP contribution in [0, 0.1) is 0 Å². The zero-order valence-electron chi connectivity index (χ0n) is 38.8. The van der Waals surface area contributed by atoms with Gasteiger partial charge in [-0.05, 0) is 83.1 Å². The van der Waals surface area contributed by atoms with E-state index in [9.17, 15) is 19.8 Å². The fourth-order valence-electron chi connectivity index (χ4n) is 6.76. The van der Waals surface area contributed by atoms with Gasteiger partial charge in [0.15, 0.2) is 0 Å². The lowest BCUT2D eigenvalue weighted by atomic mass is 10.0. The van der Waals surface area contributed by atoms with E-state index in [0.717, 1.165) is 96.3 Å².